The second-order valence-electron chi connectivity index (χ2n) is 3.95. The lowest BCUT2D eigenvalue weighted by Crippen LogP contribution is -1.95. The molecule has 1 N–H and O–H groups in total. The molecule has 0 radical (unpaired) electrons. The topological polar surface area (TPSA) is 46.0 Å². The molecule has 7 heteroatoms. The van der Waals surface area contributed by atoms with Crippen molar-refractivity contribution >= 4 is 41.4 Å². The lowest BCUT2D eigenvalue weighted by molar-refractivity contribution is 0.872. The zero-order chi connectivity index (χ0) is 13.9. The van der Waals surface area contributed by atoms with Crippen molar-refractivity contribution in [1.29, 1.82) is 0 Å². The molecule has 0 unspecified atom stereocenters. The third-order valence-corrected chi connectivity index (χ3v) is 3.93. The highest BCUT2D eigenvalue weighted by Crippen LogP contribution is 2.25. The number of rotatable bonds is 3. The van der Waals surface area contributed by atoms with Gasteiger partial charge in [0.2, 0.25) is 4.77 Å². The van der Waals surface area contributed by atoms with Crippen LogP contribution in [0.4, 0.5) is 0 Å². The fraction of sp³-hybridized carbons (Fsp3) is 0. The van der Waals surface area contributed by atoms with Gasteiger partial charge in [-0.15, -0.1) is 0 Å². The summed E-state index contributed by atoms with van der Waals surface area (Å²) in [5.41, 5.74) is 1.80. The lowest BCUT2D eigenvalue weighted by atomic mass is 10.2. The average molecular weight is 321 g/mol. The summed E-state index contributed by atoms with van der Waals surface area (Å²) in [5.74, 6) is 0.590. The van der Waals surface area contributed by atoms with E-state index in [0.29, 0.717) is 15.6 Å². The van der Waals surface area contributed by atoms with E-state index in [2.05, 4.69) is 15.3 Å². The molecule has 0 bridgehead atoms. The zero-order valence-electron chi connectivity index (χ0n) is 10.2. The van der Waals surface area contributed by atoms with Crippen molar-refractivity contribution in [2.24, 2.45) is 5.10 Å². The number of halogens is 1. The second-order valence-corrected chi connectivity index (χ2v) is 5.52. The van der Waals surface area contributed by atoms with Crippen molar-refractivity contribution in [2.45, 2.75) is 0 Å². The van der Waals surface area contributed by atoms with Crippen LogP contribution in [-0.4, -0.2) is 21.1 Å². The Balaban J connectivity index is 2.07. The number of aromatic nitrogens is 3. The molecule has 0 aliphatic carbocycles. The molecule has 4 nitrogen and oxygen atoms in total. The second kappa shape index (κ2) is 5.70. The van der Waals surface area contributed by atoms with Gasteiger partial charge >= 0.3 is 0 Å². The van der Waals surface area contributed by atoms with Gasteiger partial charge in [-0.05, 0) is 41.2 Å². The maximum absolute atomic E-state index is 6.19. The van der Waals surface area contributed by atoms with Crippen LogP contribution in [0.25, 0.3) is 11.4 Å². The van der Waals surface area contributed by atoms with Crippen molar-refractivity contribution in [3.63, 3.8) is 0 Å². The number of hydrogen-bond donors (Lipinski definition) is 1. The van der Waals surface area contributed by atoms with E-state index in [9.17, 15) is 0 Å². The predicted molar refractivity (Wildman–Crippen MR) is 85.2 cm³/mol. The first-order valence-corrected chi connectivity index (χ1v) is 7.47. The summed E-state index contributed by atoms with van der Waals surface area (Å²) in [7, 11) is 0. The van der Waals surface area contributed by atoms with Gasteiger partial charge in [0.05, 0.1) is 11.2 Å². The van der Waals surface area contributed by atoms with Gasteiger partial charge in [-0.1, -0.05) is 23.7 Å². The highest BCUT2D eigenvalue weighted by atomic mass is 35.5. The molecule has 2 heterocycles. The highest BCUT2D eigenvalue weighted by Gasteiger charge is 2.10. The Kier molecular flexibility index (Phi) is 3.77. The summed E-state index contributed by atoms with van der Waals surface area (Å²) >= 11 is 13.0. The van der Waals surface area contributed by atoms with E-state index in [4.69, 9.17) is 23.8 Å². The molecule has 2 aromatic heterocycles. The van der Waals surface area contributed by atoms with Crippen LogP contribution >= 0.6 is 35.2 Å². The number of H-pyrrole nitrogens is 1. The van der Waals surface area contributed by atoms with Crippen LogP contribution in [0.2, 0.25) is 5.02 Å². The molecular formula is C13H9ClN4S2. The molecule has 1 aromatic carbocycles. The normalized spacial score (nSPS) is 11.2. The van der Waals surface area contributed by atoms with Gasteiger partial charge in [0, 0.05) is 11.1 Å². The molecule has 0 saturated heterocycles. The minimum Gasteiger partial charge on any atom is -0.250 e. The first-order chi connectivity index (χ1) is 9.75. The van der Waals surface area contributed by atoms with Gasteiger partial charge in [0.1, 0.15) is 0 Å². The van der Waals surface area contributed by atoms with Gasteiger partial charge in [-0.3, -0.25) is 0 Å². The zero-order valence-corrected chi connectivity index (χ0v) is 12.5. The minimum absolute atomic E-state index is 0.423. The van der Waals surface area contributed by atoms with Crippen molar-refractivity contribution in [3.05, 3.63) is 56.4 Å². The maximum Gasteiger partial charge on any atom is 0.216 e. The molecular weight excluding hydrogens is 312 g/mol. The molecule has 3 rings (SSSR count). The molecule has 0 amide bonds. The van der Waals surface area contributed by atoms with Crippen molar-refractivity contribution < 1.29 is 0 Å². The van der Waals surface area contributed by atoms with Crippen LogP contribution in [0.15, 0.2) is 46.2 Å². The molecule has 0 aliphatic rings. The van der Waals surface area contributed by atoms with Gasteiger partial charge in [-0.25, -0.2) is 5.10 Å². The lowest BCUT2D eigenvalue weighted by Gasteiger charge is -2.02. The van der Waals surface area contributed by atoms with E-state index < -0.39 is 0 Å². The number of nitrogens with one attached hydrogen (secondary N) is 1. The van der Waals surface area contributed by atoms with Gasteiger partial charge in [-0.2, -0.15) is 26.2 Å². The Morgan fingerprint density at radius 3 is 2.95 bits per heavy atom. The van der Waals surface area contributed by atoms with E-state index in [-0.39, 0.29) is 0 Å². The molecule has 100 valence electrons. The standard InChI is InChI=1S/C13H9ClN4S2/c14-11-4-2-1-3-10(11)12-16-17-13(19)18(12)15-7-9-5-6-20-8-9/h1-8H,(H,17,19)/b15-7-. The third kappa shape index (κ3) is 2.58. The molecule has 20 heavy (non-hydrogen) atoms. The highest BCUT2D eigenvalue weighted by molar-refractivity contribution is 7.71. The van der Waals surface area contributed by atoms with Crippen LogP contribution in [0.5, 0.6) is 0 Å². The minimum atomic E-state index is 0.423. The molecule has 0 atom stereocenters. The summed E-state index contributed by atoms with van der Waals surface area (Å²) in [6.07, 6.45) is 1.74. The van der Waals surface area contributed by atoms with E-state index in [1.54, 1.807) is 22.2 Å². The number of aromatic amines is 1. The average Bonchev–Trinajstić information content (AvgIpc) is 3.07. The monoisotopic (exact) mass is 320 g/mol. The maximum atomic E-state index is 6.19. The quantitative estimate of drug-likeness (QED) is 0.580. The summed E-state index contributed by atoms with van der Waals surface area (Å²) in [6.45, 7) is 0. The summed E-state index contributed by atoms with van der Waals surface area (Å²) in [4.78, 5) is 0. The number of thiophene rings is 1. The molecule has 0 aliphatic heterocycles. The summed E-state index contributed by atoms with van der Waals surface area (Å²) < 4.78 is 1.99. The predicted octanol–water partition coefficient (Wildman–Crippen LogP) is 4.20. The Morgan fingerprint density at radius 1 is 1.35 bits per heavy atom. The molecule has 0 saturated carbocycles. The number of hydrogen-bond acceptors (Lipinski definition) is 4. The van der Waals surface area contributed by atoms with Gasteiger partial charge < -0.3 is 0 Å². The Labute approximate surface area is 129 Å². The first-order valence-electron chi connectivity index (χ1n) is 5.74. The first kappa shape index (κ1) is 13.2. The van der Waals surface area contributed by atoms with Crippen molar-refractivity contribution in [2.75, 3.05) is 0 Å². The Morgan fingerprint density at radius 2 is 2.20 bits per heavy atom. The third-order valence-electron chi connectivity index (χ3n) is 2.63. The molecule has 3 aromatic rings. The van der Waals surface area contributed by atoms with Gasteiger partial charge in [0.25, 0.3) is 0 Å². The van der Waals surface area contributed by atoms with E-state index in [1.165, 1.54) is 0 Å². The molecule has 0 fully saturated rings. The number of benzene rings is 1. The fourth-order valence-corrected chi connectivity index (χ4v) is 2.70. The van der Waals surface area contributed by atoms with Crippen LogP contribution in [0, 0.1) is 4.77 Å². The van der Waals surface area contributed by atoms with Crippen molar-refractivity contribution in [3.8, 4) is 11.4 Å². The van der Waals surface area contributed by atoms with Crippen LogP contribution in [0.1, 0.15) is 5.56 Å². The van der Waals surface area contributed by atoms with Crippen molar-refractivity contribution in [1.82, 2.24) is 14.9 Å². The van der Waals surface area contributed by atoms with Crippen LogP contribution in [-0.2, 0) is 0 Å². The van der Waals surface area contributed by atoms with E-state index >= 15 is 0 Å². The smallest absolute Gasteiger partial charge is 0.216 e. The summed E-state index contributed by atoms with van der Waals surface area (Å²) in [5, 5.41) is 15.9. The largest absolute Gasteiger partial charge is 0.250 e. The fourth-order valence-electron chi connectivity index (χ4n) is 1.69. The Hall–Kier alpha value is -1.76. The van der Waals surface area contributed by atoms with Gasteiger partial charge in [0.15, 0.2) is 5.82 Å². The summed E-state index contributed by atoms with van der Waals surface area (Å²) in [6, 6.07) is 9.43. The van der Waals surface area contributed by atoms with E-state index in [1.807, 2.05) is 41.1 Å². The Bertz CT molecular complexity index is 802. The number of nitrogens with zero attached hydrogens (tertiary/aromatic N) is 3. The van der Waals surface area contributed by atoms with Crippen LogP contribution < -0.4 is 0 Å². The van der Waals surface area contributed by atoms with Crippen LogP contribution in [0.3, 0.4) is 0 Å². The molecule has 0 spiro atoms. The SMILES string of the molecule is S=c1[nH]nc(-c2ccccc2Cl)n1/N=C\c1ccsc1. The van der Waals surface area contributed by atoms with E-state index in [0.717, 1.165) is 11.1 Å².